The van der Waals surface area contributed by atoms with Crippen molar-refractivity contribution in [3.8, 4) is 5.75 Å². The lowest BCUT2D eigenvalue weighted by Gasteiger charge is -2.12. The summed E-state index contributed by atoms with van der Waals surface area (Å²) in [7, 11) is 0. The van der Waals surface area contributed by atoms with Crippen LogP contribution < -0.4 is 4.74 Å². The SMILES string of the molecule is Cc1cc(C)c(OCCc2ccc(CO)cc2)cc1C. The van der Waals surface area contributed by atoms with E-state index in [2.05, 4.69) is 32.9 Å². The zero-order valence-corrected chi connectivity index (χ0v) is 12.4. The van der Waals surface area contributed by atoms with Crippen molar-refractivity contribution in [1.82, 2.24) is 0 Å². The van der Waals surface area contributed by atoms with Crippen molar-refractivity contribution in [3.05, 3.63) is 64.2 Å². The molecule has 0 saturated heterocycles. The molecule has 0 saturated carbocycles. The minimum absolute atomic E-state index is 0.0959. The van der Waals surface area contributed by atoms with E-state index in [9.17, 15) is 0 Å². The summed E-state index contributed by atoms with van der Waals surface area (Å²) < 4.78 is 5.88. The molecule has 20 heavy (non-hydrogen) atoms. The average molecular weight is 270 g/mol. The van der Waals surface area contributed by atoms with Gasteiger partial charge in [0.1, 0.15) is 5.75 Å². The fourth-order valence-electron chi connectivity index (χ4n) is 2.18. The van der Waals surface area contributed by atoms with Crippen LogP contribution in [0.1, 0.15) is 27.8 Å². The maximum absolute atomic E-state index is 9.01. The molecule has 0 fully saturated rings. The van der Waals surface area contributed by atoms with Crippen molar-refractivity contribution in [3.63, 3.8) is 0 Å². The Labute approximate surface area is 121 Å². The van der Waals surface area contributed by atoms with E-state index in [1.165, 1.54) is 22.3 Å². The van der Waals surface area contributed by atoms with Gasteiger partial charge < -0.3 is 9.84 Å². The number of rotatable bonds is 5. The Bertz CT molecular complexity index is 571. The normalized spacial score (nSPS) is 10.6. The van der Waals surface area contributed by atoms with E-state index in [1.807, 2.05) is 24.3 Å². The molecular formula is C18H22O2. The van der Waals surface area contributed by atoms with Crippen LogP contribution >= 0.6 is 0 Å². The van der Waals surface area contributed by atoms with Gasteiger partial charge in [0.05, 0.1) is 13.2 Å². The Morgan fingerprint density at radius 3 is 2.10 bits per heavy atom. The van der Waals surface area contributed by atoms with E-state index in [-0.39, 0.29) is 6.61 Å². The Morgan fingerprint density at radius 1 is 0.850 bits per heavy atom. The van der Waals surface area contributed by atoms with E-state index in [0.717, 1.165) is 17.7 Å². The summed E-state index contributed by atoms with van der Waals surface area (Å²) in [4.78, 5) is 0. The third kappa shape index (κ3) is 3.61. The van der Waals surface area contributed by atoms with E-state index < -0.39 is 0 Å². The molecule has 0 bridgehead atoms. The lowest BCUT2D eigenvalue weighted by atomic mass is 10.1. The molecular weight excluding hydrogens is 248 g/mol. The second-order valence-electron chi connectivity index (χ2n) is 5.28. The highest BCUT2D eigenvalue weighted by Crippen LogP contribution is 2.22. The van der Waals surface area contributed by atoms with Crippen LogP contribution in [0.15, 0.2) is 36.4 Å². The van der Waals surface area contributed by atoms with Crippen LogP contribution in [0.4, 0.5) is 0 Å². The molecule has 1 N–H and O–H groups in total. The van der Waals surface area contributed by atoms with Crippen molar-refractivity contribution in [2.75, 3.05) is 6.61 Å². The highest BCUT2D eigenvalue weighted by atomic mass is 16.5. The van der Waals surface area contributed by atoms with Crippen molar-refractivity contribution in [1.29, 1.82) is 0 Å². The second kappa shape index (κ2) is 6.58. The van der Waals surface area contributed by atoms with Crippen LogP contribution in [0.25, 0.3) is 0 Å². The Balaban J connectivity index is 1.94. The molecule has 106 valence electrons. The maximum Gasteiger partial charge on any atom is 0.122 e. The first kappa shape index (κ1) is 14.6. The van der Waals surface area contributed by atoms with Crippen molar-refractivity contribution in [2.45, 2.75) is 33.8 Å². The van der Waals surface area contributed by atoms with Gasteiger partial charge in [0.25, 0.3) is 0 Å². The molecule has 0 aromatic heterocycles. The first-order valence-electron chi connectivity index (χ1n) is 6.99. The van der Waals surface area contributed by atoms with E-state index in [0.29, 0.717) is 6.61 Å². The molecule has 0 atom stereocenters. The first-order chi connectivity index (χ1) is 9.60. The lowest BCUT2D eigenvalue weighted by Crippen LogP contribution is -2.03. The summed E-state index contributed by atoms with van der Waals surface area (Å²) in [6.07, 6.45) is 0.873. The fourth-order valence-corrected chi connectivity index (χ4v) is 2.18. The van der Waals surface area contributed by atoms with E-state index >= 15 is 0 Å². The van der Waals surface area contributed by atoms with Gasteiger partial charge in [-0.2, -0.15) is 0 Å². The van der Waals surface area contributed by atoms with Crippen LogP contribution in [0.3, 0.4) is 0 Å². The number of hydrogen-bond acceptors (Lipinski definition) is 2. The summed E-state index contributed by atoms with van der Waals surface area (Å²) >= 11 is 0. The van der Waals surface area contributed by atoms with E-state index in [1.54, 1.807) is 0 Å². The molecule has 0 spiro atoms. The van der Waals surface area contributed by atoms with Gasteiger partial charge in [-0.05, 0) is 54.7 Å². The van der Waals surface area contributed by atoms with Crippen LogP contribution in [-0.2, 0) is 13.0 Å². The molecule has 0 aliphatic rings. The molecule has 0 amide bonds. The number of aryl methyl sites for hydroxylation is 3. The van der Waals surface area contributed by atoms with Crippen LogP contribution in [0.5, 0.6) is 5.75 Å². The summed E-state index contributed by atoms with van der Waals surface area (Å²) in [5.41, 5.74) is 5.92. The monoisotopic (exact) mass is 270 g/mol. The number of aliphatic hydroxyl groups is 1. The largest absolute Gasteiger partial charge is 0.493 e. The molecule has 0 unspecified atom stereocenters. The summed E-state index contributed by atoms with van der Waals surface area (Å²) in [5, 5.41) is 9.01. The Hall–Kier alpha value is -1.80. The molecule has 2 nitrogen and oxygen atoms in total. The summed E-state index contributed by atoms with van der Waals surface area (Å²) in [6.45, 7) is 7.07. The van der Waals surface area contributed by atoms with Gasteiger partial charge >= 0.3 is 0 Å². The fraction of sp³-hybridized carbons (Fsp3) is 0.333. The third-order valence-corrected chi connectivity index (χ3v) is 3.65. The van der Waals surface area contributed by atoms with Crippen LogP contribution in [-0.4, -0.2) is 11.7 Å². The summed E-state index contributed by atoms with van der Waals surface area (Å²) in [5.74, 6) is 0.972. The van der Waals surface area contributed by atoms with Gasteiger partial charge in [0.15, 0.2) is 0 Å². The first-order valence-corrected chi connectivity index (χ1v) is 6.99. The zero-order chi connectivity index (χ0) is 14.5. The molecule has 0 aliphatic heterocycles. The predicted molar refractivity (Wildman–Crippen MR) is 82.2 cm³/mol. The molecule has 2 aromatic rings. The number of ether oxygens (including phenoxy) is 1. The van der Waals surface area contributed by atoms with Crippen molar-refractivity contribution < 1.29 is 9.84 Å². The molecule has 0 aliphatic carbocycles. The Morgan fingerprint density at radius 2 is 1.45 bits per heavy atom. The van der Waals surface area contributed by atoms with Crippen molar-refractivity contribution >= 4 is 0 Å². The third-order valence-electron chi connectivity index (χ3n) is 3.65. The molecule has 2 aromatic carbocycles. The Kier molecular flexibility index (Phi) is 4.80. The molecule has 2 heteroatoms. The van der Waals surface area contributed by atoms with Gasteiger partial charge in [-0.25, -0.2) is 0 Å². The average Bonchev–Trinajstić information content (AvgIpc) is 2.45. The van der Waals surface area contributed by atoms with Gasteiger partial charge in [0, 0.05) is 6.42 Å². The minimum atomic E-state index is 0.0959. The van der Waals surface area contributed by atoms with Gasteiger partial charge in [0.2, 0.25) is 0 Å². The standard InChI is InChI=1S/C18H22O2/c1-13-10-15(3)18(11-14(13)2)20-9-8-16-4-6-17(12-19)7-5-16/h4-7,10-11,19H,8-9,12H2,1-3H3. The van der Waals surface area contributed by atoms with Crippen LogP contribution in [0.2, 0.25) is 0 Å². The van der Waals surface area contributed by atoms with Gasteiger partial charge in [-0.3, -0.25) is 0 Å². The maximum atomic E-state index is 9.01. The summed E-state index contributed by atoms with van der Waals surface area (Å²) in [6, 6.07) is 12.3. The molecule has 2 rings (SSSR count). The highest BCUT2D eigenvalue weighted by molar-refractivity contribution is 5.40. The topological polar surface area (TPSA) is 29.5 Å². The highest BCUT2D eigenvalue weighted by Gasteiger charge is 2.03. The lowest BCUT2D eigenvalue weighted by molar-refractivity contribution is 0.282. The van der Waals surface area contributed by atoms with E-state index in [4.69, 9.17) is 9.84 Å². The second-order valence-corrected chi connectivity index (χ2v) is 5.28. The number of hydrogen-bond donors (Lipinski definition) is 1. The number of aliphatic hydroxyl groups excluding tert-OH is 1. The van der Waals surface area contributed by atoms with Crippen LogP contribution in [0, 0.1) is 20.8 Å². The van der Waals surface area contributed by atoms with Gasteiger partial charge in [-0.1, -0.05) is 30.3 Å². The molecule has 0 heterocycles. The quantitative estimate of drug-likeness (QED) is 0.897. The predicted octanol–water partition coefficient (Wildman–Crippen LogP) is 3.73. The molecule has 0 radical (unpaired) electrons. The smallest absolute Gasteiger partial charge is 0.122 e. The van der Waals surface area contributed by atoms with Crippen molar-refractivity contribution in [2.24, 2.45) is 0 Å². The number of benzene rings is 2. The van der Waals surface area contributed by atoms with Gasteiger partial charge in [-0.15, -0.1) is 0 Å². The minimum Gasteiger partial charge on any atom is -0.493 e. The zero-order valence-electron chi connectivity index (χ0n) is 12.4.